The molecule has 0 saturated carbocycles. The molecule has 24 heavy (non-hydrogen) atoms. The van der Waals surface area contributed by atoms with Crippen LogP contribution in [0.3, 0.4) is 0 Å². The van der Waals surface area contributed by atoms with Crippen LogP contribution in [-0.4, -0.2) is 56.1 Å². The van der Waals surface area contributed by atoms with Gasteiger partial charge in [-0.1, -0.05) is 6.07 Å². The van der Waals surface area contributed by atoms with Crippen LogP contribution < -0.4 is 16.0 Å². The normalized spacial score (nSPS) is 15.8. The van der Waals surface area contributed by atoms with Gasteiger partial charge in [0, 0.05) is 24.7 Å². The molecule has 132 valence electrons. The first-order chi connectivity index (χ1) is 11.5. The number of benzene rings is 1. The molecule has 1 heterocycles. The molecule has 6 nitrogen and oxygen atoms in total. The lowest BCUT2D eigenvalue weighted by molar-refractivity contribution is 0.0953. The van der Waals surface area contributed by atoms with Crippen LogP contribution in [0, 0.1) is 12.7 Å². The van der Waals surface area contributed by atoms with Crippen molar-refractivity contribution >= 4 is 11.9 Å². The second kappa shape index (κ2) is 8.63. The molecule has 0 aliphatic carbocycles. The van der Waals surface area contributed by atoms with Gasteiger partial charge >= 0.3 is 6.03 Å². The highest BCUT2D eigenvalue weighted by Crippen LogP contribution is 2.09. The number of likely N-dealkylation sites (tertiary alicyclic amines) is 1. The second-order valence-corrected chi connectivity index (χ2v) is 6.20. The van der Waals surface area contributed by atoms with Crippen molar-refractivity contribution in [2.24, 2.45) is 0 Å². The SMILES string of the molecule is Cc1ccc(C(=O)NCCNC(=O)NC2CCN(C)CC2)cc1F. The summed E-state index contributed by atoms with van der Waals surface area (Å²) in [5.74, 6) is -0.760. The van der Waals surface area contributed by atoms with Gasteiger partial charge in [0.1, 0.15) is 5.82 Å². The fraction of sp³-hybridized carbons (Fsp3) is 0.529. The van der Waals surface area contributed by atoms with Crippen molar-refractivity contribution in [1.82, 2.24) is 20.9 Å². The summed E-state index contributed by atoms with van der Waals surface area (Å²) in [4.78, 5) is 25.9. The number of nitrogens with one attached hydrogen (secondary N) is 3. The fourth-order valence-corrected chi connectivity index (χ4v) is 2.58. The molecule has 0 spiro atoms. The van der Waals surface area contributed by atoms with Crippen molar-refractivity contribution in [3.05, 3.63) is 35.1 Å². The Morgan fingerprint density at radius 1 is 1.21 bits per heavy atom. The topological polar surface area (TPSA) is 73.5 Å². The van der Waals surface area contributed by atoms with E-state index in [4.69, 9.17) is 0 Å². The third kappa shape index (κ3) is 5.49. The summed E-state index contributed by atoms with van der Waals surface area (Å²) in [6.07, 6.45) is 1.89. The van der Waals surface area contributed by atoms with E-state index in [1.165, 1.54) is 6.07 Å². The number of hydrogen-bond acceptors (Lipinski definition) is 3. The van der Waals surface area contributed by atoms with Gasteiger partial charge < -0.3 is 20.9 Å². The predicted molar refractivity (Wildman–Crippen MR) is 90.5 cm³/mol. The highest BCUT2D eigenvalue weighted by molar-refractivity contribution is 5.94. The molecule has 1 aromatic rings. The van der Waals surface area contributed by atoms with Crippen molar-refractivity contribution in [2.45, 2.75) is 25.8 Å². The minimum absolute atomic E-state index is 0.200. The van der Waals surface area contributed by atoms with Crippen LogP contribution in [0.25, 0.3) is 0 Å². The molecule has 0 unspecified atom stereocenters. The molecule has 1 aliphatic rings. The van der Waals surface area contributed by atoms with Crippen molar-refractivity contribution in [3.8, 4) is 0 Å². The van der Waals surface area contributed by atoms with Crippen LogP contribution >= 0.6 is 0 Å². The van der Waals surface area contributed by atoms with Crippen molar-refractivity contribution in [2.75, 3.05) is 33.2 Å². The average molecular weight is 336 g/mol. The minimum atomic E-state index is -0.404. The third-order valence-electron chi connectivity index (χ3n) is 4.18. The van der Waals surface area contributed by atoms with Crippen LogP contribution in [0.15, 0.2) is 18.2 Å². The summed E-state index contributed by atoms with van der Waals surface area (Å²) in [5, 5.41) is 8.31. The van der Waals surface area contributed by atoms with Gasteiger partial charge in [0.05, 0.1) is 0 Å². The molecule has 3 N–H and O–H groups in total. The van der Waals surface area contributed by atoms with Crippen molar-refractivity contribution < 1.29 is 14.0 Å². The van der Waals surface area contributed by atoms with Gasteiger partial charge in [0.2, 0.25) is 0 Å². The van der Waals surface area contributed by atoms with E-state index in [1.54, 1.807) is 19.1 Å². The lowest BCUT2D eigenvalue weighted by Gasteiger charge is -2.29. The summed E-state index contributed by atoms with van der Waals surface area (Å²) in [6, 6.07) is 4.34. The molecule has 0 bridgehead atoms. The molecular formula is C17H25FN4O2. The molecule has 0 atom stereocenters. The molecule has 1 aromatic carbocycles. The zero-order chi connectivity index (χ0) is 17.5. The lowest BCUT2D eigenvalue weighted by atomic mass is 10.1. The third-order valence-corrected chi connectivity index (χ3v) is 4.18. The highest BCUT2D eigenvalue weighted by Gasteiger charge is 2.18. The number of carbonyl (C=O) groups excluding carboxylic acids is 2. The number of nitrogens with zero attached hydrogens (tertiary/aromatic N) is 1. The second-order valence-electron chi connectivity index (χ2n) is 6.20. The molecule has 1 aliphatic heterocycles. The molecule has 3 amide bonds. The smallest absolute Gasteiger partial charge is 0.315 e. The highest BCUT2D eigenvalue weighted by atomic mass is 19.1. The predicted octanol–water partition coefficient (Wildman–Crippen LogP) is 1.26. The van der Waals surface area contributed by atoms with Gasteiger partial charge in [-0.2, -0.15) is 0 Å². The number of urea groups is 1. The molecular weight excluding hydrogens is 311 g/mol. The van der Waals surface area contributed by atoms with Crippen molar-refractivity contribution in [1.29, 1.82) is 0 Å². The van der Waals surface area contributed by atoms with E-state index < -0.39 is 5.82 Å². The summed E-state index contributed by atoms with van der Waals surface area (Å²) in [7, 11) is 2.07. The molecule has 1 fully saturated rings. The van der Waals surface area contributed by atoms with E-state index in [0.717, 1.165) is 25.9 Å². The number of piperidine rings is 1. The van der Waals surface area contributed by atoms with Crippen LogP contribution in [-0.2, 0) is 0 Å². The number of aryl methyl sites for hydroxylation is 1. The maximum absolute atomic E-state index is 13.4. The average Bonchev–Trinajstić information content (AvgIpc) is 2.56. The quantitative estimate of drug-likeness (QED) is 0.709. The summed E-state index contributed by atoms with van der Waals surface area (Å²) < 4.78 is 13.4. The molecule has 1 saturated heterocycles. The molecule has 0 aromatic heterocycles. The first kappa shape index (κ1) is 18.2. The fourth-order valence-electron chi connectivity index (χ4n) is 2.58. The van der Waals surface area contributed by atoms with E-state index >= 15 is 0 Å². The number of rotatable bonds is 5. The van der Waals surface area contributed by atoms with E-state index in [2.05, 4.69) is 27.9 Å². The maximum Gasteiger partial charge on any atom is 0.315 e. The largest absolute Gasteiger partial charge is 0.350 e. The summed E-state index contributed by atoms with van der Waals surface area (Å²) >= 11 is 0. The van der Waals surface area contributed by atoms with Crippen LogP contribution in [0.2, 0.25) is 0 Å². The van der Waals surface area contributed by atoms with E-state index in [-0.39, 0.29) is 30.1 Å². The van der Waals surface area contributed by atoms with Gasteiger partial charge in [-0.25, -0.2) is 9.18 Å². The zero-order valence-corrected chi connectivity index (χ0v) is 14.2. The Labute approximate surface area is 141 Å². The van der Waals surface area contributed by atoms with Crippen LogP contribution in [0.1, 0.15) is 28.8 Å². The van der Waals surface area contributed by atoms with E-state index in [0.29, 0.717) is 12.1 Å². The number of halogens is 1. The number of hydrogen-bond donors (Lipinski definition) is 3. The van der Waals surface area contributed by atoms with Crippen molar-refractivity contribution in [3.63, 3.8) is 0 Å². The first-order valence-corrected chi connectivity index (χ1v) is 8.23. The van der Waals surface area contributed by atoms with Crippen LogP contribution in [0.5, 0.6) is 0 Å². The summed E-state index contributed by atoms with van der Waals surface area (Å²) in [6.45, 7) is 4.21. The Bertz CT molecular complexity index is 586. The lowest BCUT2D eigenvalue weighted by Crippen LogP contribution is -2.48. The maximum atomic E-state index is 13.4. The van der Waals surface area contributed by atoms with Gasteiger partial charge in [0.15, 0.2) is 0 Å². The molecule has 7 heteroatoms. The van der Waals surface area contributed by atoms with E-state index in [9.17, 15) is 14.0 Å². The van der Waals surface area contributed by atoms with Gasteiger partial charge in [-0.15, -0.1) is 0 Å². The molecule has 2 rings (SSSR count). The Morgan fingerprint density at radius 3 is 2.54 bits per heavy atom. The zero-order valence-electron chi connectivity index (χ0n) is 14.2. The standard InChI is InChI=1S/C17H25FN4O2/c1-12-3-4-13(11-15(12)18)16(23)19-7-8-20-17(24)21-14-5-9-22(2)10-6-14/h3-4,11,14H,5-10H2,1-2H3,(H,19,23)(H2,20,21,24). The van der Waals surface area contributed by atoms with Gasteiger partial charge in [-0.05, 0) is 57.6 Å². The van der Waals surface area contributed by atoms with Gasteiger partial charge in [-0.3, -0.25) is 4.79 Å². The Kier molecular flexibility index (Phi) is 6.54. The Hall–Kier alpha value is -2.15. The summed E-state index contributed by atoms with van der Waals surface area (Å²) in [5.41, 5.74) is 0.771. The van der Waals surface area contributed by atoms with Gasteiger partial charge in [0.25, 0.3) is 5.91 Å². The van der Waals surface area contributed by atoms with E-state index in [1.807, 2.05) is 0 Å². The van der Waals surface area contributed by atoms with Crippen LogP contribution in [0.4, 0.5) is 9.18 Å². The Morgan fingerprint density at radius 2 is 1.88 bits per heavy atom. The monoisotopic (exact) mass is 336 g/mol. The Balaban J connectivity index is 1.64. The number of carbonyl (C=O) groups is 2. The minimum Gasteiger partial charge on any atom is -0.350 e. The first-order valence-electron chi connectivity index (χ1n) is 8.23. The number of amides is 3. The molecule has 0 radical (unpaired) electrons.